The van der Waals surface area contributed by atoms with Crippen molar-refractivity contribution in [3.8, 4) is 11.4 Å². The van der Waals surface area contributed by atoms with Gasteiger partial charge in [0, 0.05) is 12.7 Å². The molecule has 9 heteroatoms. The zero-order chi connectivity index (χ0) is 19.7. The number of nitrogens with one attached hydrogen (secondary N) is 1. The second kappa shape index (κ2) is 7.01. The minimum atomic E-state index is -3.35. The summed E-state index contributed by atoms with van der Waals surface area (Å²) in [4.78, 5) is 12.5. The number of anilines is 2. The molecule has 28 heavy (non-hydrogen) atoms. The van der Waals surface area contributed by atoms with E-state index in [1.165, 1.54) is 22.5 Å². The first-order chi connectivity index (χ1) is 13.4. The smallest absolute Gasteiger partial charge is 0.276 e. The van der Waals surface area contributed by atoms with E-state index in [4.69, 9.17) is 0 Å². The Bertz CT molecular complexity index is 1130. The largest absolute Gasteiger partial charge is 0.506 e. The number of sulfonamides is 1. The number of carbonyl (C=O) groups is 1. The quantitative estimate of drug-likeness (QED) is 0.657. The molecule has 0 spiro atoms. The van der Waals surface area contributed by atoms with Crippen molar-refractivity contribution < 1.29 is 18.3 Å². The third kappa shape index (κ3) is 3.44. The van der Waals surface area contributed by atoms with Crippen LogP contribution < -0.4 is 9.62 Å². The van der Waals surface area contributed by atoms with Crippen molar-refractivity contribution in [1.82, 2.24) is 9.78 Å². The van der Waals surface area contributed by atoms with Crippen molar-refractivity contribution in [2.75, 3.05) is 21.9 Å². The molecule has 1 aliphatic heterocycles. The van der Waals surface area contributed by atoms with Crippen LogP contribution in [0.5, 0.6) is 5.75 Å². The number of hydrogen-bond acceptors (Lipinski definition) is 5. The third-order valence-corrected chi connectivity index (χ3v) is 6.33. The number of phenolic OH excluding ortho intramolecular Hbond substituents is 1. The van der Waals surface area contributed by atoms with Gasteiger partial charge in [-0.15, -0.1) is 0 Å². The lowest BCUT2D eigenvalue weighted by Crippen LogP contribution is -2.25. The summed E-state index contributed by atoms with van der Waals surface area (Å²) in [7, 11) is -3.35. The normalized spacial score (nSPS) is 15.5. The number of phenols is 1. The Balaban J connectivity index is 1.57. The Morgan fingerprint density at radius 2 is 1.86 bits per heavy atom. The lowest BCUT2D eigenvalue weighted by molar-refractivity contribution is 0.102. The van der Waals surface area contributed by atoms with Gasteiger partial charge in [-0.25, -0.2) is 13.1 Å². The van der Waals surface area contributed by atoms with Gasteiger partial charge in [0.1, 0.15) is 5.75 Å². The number of benzene rings is 2. The van der Waals surface area contributed by atoms with Crippen LogP contribution in [0.1, 0.15) is 16.9 Å². The fourth-order valence-corrected chi connectivity index (χ4v) is 4.62. The molecule has 144 valence electrons. The molecule has 4 rings (SSSR count). The molecular formula is C19H18N4O4S. The molecule has 1 fully saturated rings. The molecule has 1 aliphatic rings. The van der Waals surface area contributed by atoms with E-state index >= 15 is 0 Å². The lowest BCUT2D eigenvalue weighted by Gasteiger charge is -2.18. The summed E-state index contributed by atoms with van der Waals surface area (Å²) >= 11 is 0. The Morgan fingerprint density at radius 1 is 1.07 bits per heavy atom. The van der Waals surface area contributed by atoms with Crippen LogP contribution >= 0.6 is 0 Å². The molecule has 0 saturated carbocycles. The molecule has 8 nitrogen and oxygen atoms in total. The predicted octanol–water partition coefficient (Wildman–Crippen LogP) is 2.37. The van der Waals surface area contributed by atoms with Crippen LogP contribution in [0, 0.1) is 0 Å². The summed E-state index contributed by atoms with van der Waals surface area (Å²) in [5, 5.41) is 16.9. The van der Waals surface area contributed by atoms with Crippen LogP contribution in [0.15, 0.2) is 60.8 Å². The standard InChI is InChI=1S/C19H18N4O4S/c24-18-8-7-15(23-10-4-12-28(23,26)27)13-17(18)20-19(25)16-9-11-22(21-16)14-5-2-1-3-6-14/h1-3,5-9,11,13,24H,4,10,12H2,(H,20,25). The molecule has 2 heterocycles. The van der Waals surface area contributed by atoms with Crippen molar-refractivity contribution in [1.29, 1.82) is 0 Å². The SMILES string of the molecule is O=C(Nc1cc(N2CCCS2(=O)=O)ccc1O)c1ccn(-c2ccccc2)n1. The monoisotopic (exact) mass is 398 g/mol. The van der Waals surface area contributed by atoms with Gasteiger partial charge in [0.2, 0.25) is 10.0 Å². The van der Waals surface area contributed by atoms with E-state index in [1.807, 2.05) is 30.3 Å². The van der Waals surface area contributed by atoms with E-state index in [9.17, 15) is 18.3 Å². The number of aromatic nitrogens is 2. The number of para-hydroxylation sites is 1. The van der Waals surface area contributed by atoms with E-state index in [0.29, 0.717) is 18.7 Å². The first-order valence-corrected chi connectivity index (χ1v) is 10.3. The predicted molar refractivity (Wildman–Crippen MR) is 105 cm³/mol. The number of rotatable bonds is 4. The van der Waals surface area contributed by atoms with Crippen molar-refractivity contribution in [2.45, 2.75) is 6.42 Å². The maximum atomic E-state index is 12.5. The Hall–Kier alpha value is -3.33. The molecule has 0 unspecified atom stereocenters. The molecular weight excluding hydrogens is 380 g/mol. The van der Waals surface area contributed by atoms with Gasteiger partial charge in [-0.1, -0.05) is 18.2 Å². The molecule has 2 N–H and O–H groups in total. The fourth-order valence-electron chi connectivity index (χ4n) is 3.06. The summed E-state index contributed by atoms with van der Waals surface area (Å²) in [5.74, 6) is -0.574. The summed E-state index contributed by atoms with van der Waals surface area (Å²) < 4.78 is 27.1. The maximum absolute atomic E-state index is 12.5. The first kappa shape index (κ1) is 18.1. The zero-order valence-electron chi connectivity index (χ0n) is 14.8. The lowest BCUT2D eigenvalue weighted by atomic mass is 10.2. The van der Waals surface area contributed by atoms with E-state index in [1.54, 1.807) is 16.9 Å². The van der Waals surface area contributed by atoms with Gasteiger partial charge >= 0.3 is 0 Å². The number of amides is 1. The van der Waals surface area contributed by atoms with Crippen LogP contribution in [0.25, 0.3) is 5.69 Å². The van der Waals surface area contributed by atoms with Crippen molar-refractivity contribution in [2.24, 2.45) is 0 Å². The van der Waals surface area contributed by atoms with Gasteiger partial charge in [0.25, 0.3) is 5.91 Å². The fraction of sp³-hybridized carbons (Fsp3) is 0.158. The zero-order valence-corrected chi connectivity index (χ0v) is 15.6. The van der Waals surface area contributed by atoms with Gasteiger partial charge in [0.15, 0.2) is 5.69 Å². The summed E-state index contributed by atoms with van der Waals surface area (Å²) in [6, 6.07) is 15.2. The molecule has 2 aromatic carbocycles. The van der Waals surface area contributed by atoms with Crippen LogP contribution in [0.3, 0.4) is 0 Å². The second-order valence-corrected chi connectivity index (χ2v) is 8.39. The number of aromatic hydroxyl groups is 1. The van der Waals surface area contributed by atoms with Gasteiger partial charge in [-0.2, -0.15) is 5.10 Å². The number of hydrogen-bond donors (Lipinski definition) is 2. The van der Waals surface area contributed by atoms with Crippen LogP contribution in [-0.2, 0) is 10.0 Å². The van der Waals surface area contributed by atoms with Crippen LogP contribution in [0.4, 0.5) is 11.4 Å². The van der Waals surface area contributed by atoms with Crippen LogP contribution in [0.2, 0.25) is 0 Å². The highest BCUT2D eigenvalue weighted by Crippen LogP contribution is 2.32. The average molecular weight is 398 g/mol. The highest BCUT2D eigenvalue weighted by atomic mass is 32.2. The molecule has 1 aromatic heterocycles. The van der Waals surface area contributed by atoms with E-state index in [2.05, 4.69) is 10.4 Å². The summed E-state index contributed by atoms with van der Waals surface area (Å²) in [5.41, 5.74) is 1.51. The molecule has 0 radical (unpaired) electrons. The van der Waals surface area contributed by atoms with Crippen LogP contribution in [-0.4, -0.2) is 41.5 Å². The molecule has 0 bridgehead atoms. The van der Waals surface area contributed by atoms with Crippen molar-refractivity contribution in [3.63, 3.8) is 0 Å². The highest BCUT2D eigenvalue weighted by Gasteiger charge is 2.29. The summed E-state index contributed by atoms with van der Waals surface area (Å²) in [6.07, 6.45) is 2.21. The number of nitrogens with zero attached hydrogens (tertiary/aromatic N) is 3. The Morgan fingerprint density at radius 3 is 2.57 bits per heavy atom. The Labute approximate surface area is 162 Å². The Kier molecular flexibility index (Phi) is 4.52. The van der Waals surface area contributed by atoms with E-state index in [0.717, 1.165) is 5.69 Å². The molecule has 1 amide bonds. The maximum Gasteiger partial charge on any atom is 0.276 e. The van der Waals surface area contributed by atoms with Gasteiger partial charge in [-0.3, -0.25) is 9.10 Å². The average Bonchev–Trinajstić information content (AvgIpc) is 3.31. The second-order valence-electron chi connectivity index (χ2n) is 6.38. The van der Waals surface area contributed by atoms with E-state index in [-0.39, 0.29) is 22.9 Å². The first-order valence-electron chi connectivity index (χ1n) is 8.70. The highest BCUT2D eigenvalue weighted by molar-refractivity contribution is 7.93. The molecule has 3 aromatic rings. The van der Waals surface area contributed by atoms with Gasteiger partial charge in [0.05, 0.1) is 22.8 Å². The number of carbonyl (C=O) groups excluding carboxylic acids is 1. The minimum absolute atomic E-state index is 0.0898. The molecule has 0 atom stereocenters. The van der Waals surface area contributed by atoms with Gasteiger partial charge < -0.3 is 10.4 Å². The summed E-state index contributed by atoms with van der Waals surface area (Å²) in [6.45, 7) is 0.377. The topological polar surface area (TPSA) is 105 Å². The third-order valence-electron chi connectivity index (χ3n) is 4.46. The van der Waals surface area contributed by atoms with Gasteiger partial charge in [-0.05, 0) is 42.8 Å². The molecule has 0 aliphatic carbocycles. The molecule has 1 saturated heterocycles. The van der Waals surface area contributed by atoms with Crippen molar-refractivity contribution >= 4 is 27.3 Å². The van der Waals surface area contributed by atoms with Crippen molar-refractivity contribution in [3.05, 3.63) is 66.5 Å². The minimum Gasteiger partial charge on any atom is -0.506 e. The van der Waals surface area contributed by atoms with E-state index < -0.39 is 15.9 Å².